The smallest absolute Gasteiger partial charge is 0.332 e. The van der Waals surface area contributed by atoms with Crippen molar-refractivity contribution in [3.8, 4) is 0 Å². The van der Waals surface area contributed by atoms with Gasteiger partial charge in [0.05, 0.1) is 0 Å². The molecule has 0 bridgehead atoms. The van der Waals surface area contributed by atoms with Crippen molar-refractivity contribution in [3.63, 3.8) is 0 Å². The standard InChI is InChI=1S/C5H9ClO3/c1-2-4(5(7)8)9-3-6/h4H,2-3H2,1H3,(H,7,8). The molecule has 0 aromatic rings. The molecular formula is C5H9ClO3. The van der Waals surface area contributed by atoms with Gasteiger partial charge in [0.25, 0.3) is 0 Å². The van der Waals surface area contributed by atoms with Gasteiger partial charge in [0.15, 0.2) is 6.10 Å². The van der Waals surface area contributed by atoms with E-state index in [1.54, 1.807) is 6.92 Å². The van der Waals surface area contributed by atoms with Crippen LogP contribution in [0.15, 0.2) is 0 Å². The number of rotatable bonds is 4. The van der Waals surface area contributed by atoms with Crippen LogP contribution in [0.4, 0.5) is 0 Å². The fourth-order valence-electron chi connectivity index (χ4n) is 0.440. The van der Waals surface area contributed by atoms with Crippen LogP contribution in [-0.4, -0.2) is 23.2 Å². The van der Waals surface area contributed by atoms with Crippen LogP contribution in [-0.2, 0) is 9.53 Å². The molecule has 0 saturated carbocycles. The summed E-state index contributed by atoms with van der Waals surface area (Å²) >= 11 is 5.13. The number of carboxylic acids is 1. The number of ether oxygens (including phenoxy) is 1. The normalized spacial score (nSPS) is 13.1. The van der Waals surface area contributed by atoms with Crippen LogP contribution in [0, 0.1) is 0 Å². The first-order valence-corrected chi connectivity index (χ1v) is 3.16. The molecule has 3 nitrogen and oxygen atoms in total. The van der Waals surface area contributed by atoms with Gasteiger partial charge in [0.1, 0.15) is 6.07 Å². The van der Waals surface area contributed by atoms with Gasteiger partial charge in [-0.2, -0.15) is 0 Å². The summed E-state index contributed by atoms with van der Waals surface area (Å²) in [5, 5.41) is 8.32. The van der Waals surface area contributed by atoms with Crippen LogP contribution in [0.1, 0.15) is 13.3 Å². The van der Waals surface area contributed by atoms with Gasteiger partial charge in [-0.3, -0.25) is 0 Å². The lowest BCUT2D eigenvalue weighted by Crippen LogP contribution is -2.22. The minimum absolute atomic E-state index is 0.0647. The molecule has 9 heavy (non-hydrogen) atoms. The molecule has 1 N–H and O–H groups in total. The van der Waals surface area contributed by atoms with Crippen molar-refractivity contribution >= 4 is 17.6 Å². The molecule has 4 heteroatoms. The molecule has 0 heterocycles. The van der Waals surface area contributed by atoms with Crippen molar-refractivity contribution in [1.82, 2.24) is 0 Å². The first kappa shape index (κ1) is 8.72. The molecular weight excluding hydrogens is 144 g/mol. The van der Waals surface area contributed by atoms with Gasteiger partial charge in [-0.05, 0) is 6.42 Å². The van der Waals surface area contributed by atoms with Gasteiger partial charge in [-0.25, -0.2) is 4.79 Å². The number of aliphatic carboxylic acids is 1. The molecule has 0 fully saturated rings. The van der Waals surface area contributed by atoms with E-state index in [-0.39, 0.29) is 6.07 Å². The Bertz CT molecular complexity index is 94.2. The highest BCUT2D eigenvalue weighted by Gasteiger charge is 2.13. The van der Waals surface area contributed by atoms with Crippen molar-refractivity contribution in [2.75, 3.05) is 6.07 Å². The van der Waals surface area contributed by atoms with E-state index in [1.165, 1.54) is 0 Å². The van der Waals surface area contributed by atoms with Crippen LogP contribution in [0.2, 0.25) is 0 Å². The van der Waals surface area contributed by atoms with Crippen LogP contribution in [0.5, 0.6) is 0 Å². The van der Waals surface area contributed by atoms with Gasteiger partial charge >= 0.3 is 5.97 Å². The first-order chi connectivity index (χ1) is 4.22. The maximum atomic E-state index is 10.1. The van der Waals surface area contributed by atoms with E-state index in [0.29, 0.717) is 6.42 Å². The number of alkyl halides is 1. The zero-order chi connectivity index (χ0) is 7.28. The second-order valence-electron chi connectivity index (χ2n) is 1.51. The van der Waals surface area contributed by atoms with Crippen molar-refractivity contribution in [2.45, 2.75) is 19.4 Å². The Labute approximate surface area is 58.6 Å². The lowest BCUT2D eigenvalue weighted by atomic mass is 10.3. The molecule has 0 radical (unpaired) electrons. The third-order valence-corrected chi connectivity index (χ3v) is 1.04. The van der Waals surface area contributed by atoms with E-state index in [9.17, 15) is 4.79 Å². The van der Waals surface area contributed by atoms with Gasteiger partial charge in [0.2, 0.25) is 0 Å². The Kier molecular flexibility index (Phi) is 4.44. The van der Waals surface area contributed by atoms with Crippen molar-refractivity contribution < 1.29 is 14.6 Å². The molecule has 0 aliphatic carbocycles. The molecule has 54 valence electrons. The summed E-state index contributed by atoms with van der Waals surface area (Å²) in [6.07, 6.45) is -0.301. The topological polar surface area (TPSA) is 46.5 Å². The average molecular weight is 153 g/mol. The fourth-order valence-corrected chi connectivity index (χ4v) is 0.592. The Balaban J connectivity index is 3.54. The molecule has 0 aliphatic rings. The minimum atomic E-state index is -0.960. The summed E-state index contributed by atoms with van der Waals surface area (Å²) in [5.41, 5.74) is 0. The second-order valence-corrected chi connectivity index (χ2v) is 1.73. The van der Waals surface area contributed by atoms with Crippen LogP contribution in [0.3, 0.4) is 0 Å². The maximum absolute atomic E-state index is 10.1. The predicted octanol–water partition coefficient (Wildman–Crippen LogP) is 1.06. The highest BCUT2D eigenvalue weighted by atomic mass is 35.5. The predicted molar refractivity (Wildman–Crippen MR) is 33.5 cm³/mol. The zero-order valence-electron chi connectivity index (χ0n) is 5.13. The molecule has 0 spiro atoms. The molecule has 0 amide bonds. The monoisotopic (exact) mass is 152 g/mol. The molecule has 0 aromatic heterocycles. The van der Waals surface area contributed by atoms with Gasteiger partial charge in [-0.1, -0.05) is 18.5 Å². The number of hydrogen-bond donors (Lipinski definition) is 1. The minimum Gasteiger partial charge on any atom is -0.479 e. The van der Waals surface area contributed by atoms with Crippen LogP contribution >= 0.6 is 11.6 Å². The molecule has 0 rings (SSSR count). The van der Waals surface area contributed by atoms with Crippen molar-refractivity contribution in [3.05, 3.63) is 0 Å². The molecule has 0 aliphatic heterocycles. The first-order valence-electron chi connectivity index (χ1n) is 2.62. The highest BCUT2D eigenvalue weighted by molar-refractivity contribution is 6.17. The van der Waals surface area contributed by atoms with E-state index < -0.39 is 12.1 Å². The highest BCUT2D eigenvalue weighted by Crippen LogP contribution is 1.98. The fraction of sp³-hybridized carbons (Fsp3) is 0.800. The van der Waals surface area contributed by atoms with E-state index in [4.69, 9.17) is 16.7 Å². The summed E-state index contributed by atoms with van der Waals surface area (Å²) < 4.78 is 4.62. The maximum Gasteiger partial charge on any atom is 0.332 e. The van der Waals surface area contributed by atoms with Gasteiger partial charge in [-0.15, -0.1) is 0 Å². The van der Waals surface area contributed by atoms with Crippen LogP contribution in [0.25, 0.3) is 0 Å². The van der Waals surface area contributed by atoms with Crippen molar-refractivity contribution in [2.24, 2.45) is 0 Å². The Hall–Kier alpha value is -0.280. The van der Waals surface area contributed by atoms with Gasteiger partial charge < -0.3 is 9.84 Å². The SMILES string of the molecule is CCC(OCCl)C(=O)O. The quantitative estimate of drug-likeness (QED) is 0.613. The summed E-state index contributed by atoms with van der Waals surface area (Å²) in [5.74, 6) is -0.960. The molecule has 1 atom stereocenters. The van der Waals surface area contributed by atoms with Crippen molar-refractivity contribution in [1.29, 1.82) is 0 Å². The lowest BCUT2D eigenvalue weighted by Gasteiger charge is -2.06. The third-order valence-electron chi connectivity index (χ3n) is 0.910. The molecule has 1 unspecified atom stereocenters. The third kappa shape index (κ3) is 3.32. The molecule has 0 saturated heterocycles. The van der Waals surface area contributed by atoms with Crippen LogP contribution < -0.4 is 0 Å². The van der Waals surface area contributed by atoms with E-state index in [2.05, 4.69) is 4.74 Å². The summed E-state index contributed by atoms with van der Waals surface area (Å²) in [7, 11) is 0. The largest absolute Gasteiger partial charge is 0.479 e. The average Bonchev–Trinajstić information content (AvgIpc) is 1.82. The summed E-state index contributed by atoms with van der Waals surface area (Å²) in [6.45, 7) is 1.73. The number of carbonyl (C=O) groups is 1. The van der Waals surface area contributed by atoms with Gasteiger partial charge in [0, 0.05) is 0 Å². The zero-order valence-corrected chi connectivity index (χ0v) is 5.89. The summed E-state index contributed by atoms with van der Waals surface area (Å²) in [6, 6.07) is -0.0647. The second kappa shape index (κ2) is 4.58. The van der Waals surface area contributed by atoms with E-state index in [1.807, 2.05) is 0 Å². The summed E-state index contributed by atoms with van der Waals surface area (Å²) in [4.78, 5) is 10.1. The van der Waals surface area contributed by atoms with E-state index in [0.717, 1.165) is 0 Å². The Morgan fingerprint density at radius 2 is 2.44 bits per heavy atom. The Morgan fingerprint density at radius 3 is 2.56 bits per heavy atom. The number of hydrogen-bond acceptors (Lipinski definition) is 2. The lowest BCUT2D eigenvalue weighted by molar-refractivity contribution is -0.149. The number of halogens is 1. The Morgan fingerprint density at radius 1 is 1.89 bits per heavy atom. The van der Waals surface area contributed by atoms with E-state index >= 15 is 0 Å². The molecule has 0 aromatic carbocycles. The number of carboxylic acid groups (broad SMARTS) is 1.